The largest absolute Gasteiger partial charge is 0.481 e. The third kappa shape index (κ3) is 2.10. The molecule has 0 bridgehead atoms. The van der Waals surface area contributed by atoms with Crippen LogP contribution in [0.4, 0.5) is 0 Å². The van der Waals surface area contributed by atoms with Gasteiger partial charge in [-0.25, -0.2) is 0 Å². The van der Waals surface area contributed by atoms with Crippen molar-refractivity contribution in [1.82, 2.24) is 4.90 Å². The Labute approximate surface area is 103 Å². The third-order valence-electron chi connectivity index (χ3n) is 5.25. The van der Waals surface area contributed by atoms with Crippen LogP contribution in [0.3, 0.4) is 0 Å². The van der Waals surface area contributed by atoms with Gasteiger partial charge in [0, 0.05) is 19.1 Å². The van der Waals surface area contributed by atoms with Crippen molar-refractivity contribution >= 4 is 5.97 Å². The number of nitrogens with zero attached hydrogens (tertiary/aromatic N) is 1. The van der Waals surface area contributed by atoms with E-state index in [4.69, 9.17) is 5.11 Å². The predicted octanol–water partition coefficient (Wildman–Crippen LogP) is 2.51. The van der Waals surface area contributed by atoms with Crippen molar-refractivity contribution in [2.75, 3.05) is 13.1 Å². The molecule has 2 unspecified atom stereocenters. The molecule has 3 nitrogen and oxygen atoms in total. The van der Waals surface area contributed by atoms with Gasteiger partial charge in [0.1, 0.15) is 0 Å². The van der Waals surface area contributed by atoms with Crippen molar-refractivity contribution in [3.05, 3.63) is 0 Å². The van der Waals surface area contributed by atoms with E-state index in [9.17, 15) is 4.79 Å². The van der Waals surface area contributed by atoms with Gasteiger partial charge in [0.15, 0.2) is 0 Å². The Morgan fingerprint density at radius 3 is 2.47 bits per heavy atom. The molecule has 3 fully saturated rings. The maximum atomic E-state index is 11.1. The number of carbonyl (C=O) groups is 1. The number of rotatable bonds is 2. The average molecular weight is 237 g/mol. The van der Waals surface area contributed by atoms with E-state index in [0.717, 1.165) is 19.3 Å². The van der Waals surface area contributed by atoms with Crippen LogP contribution < -0.4 is 0 Å². The van der Waals surface area contributed by atoms with Crippen LogP contribution in [0, 0.1) is 11.3 Å². The average Bonchev–Trinajstić information content (AvgIpc) is 2.76. The van der Waals surface area contributed by atoms with E-state index in [2.05, 4.69) is 4.90 Å². The molecule has 96 valence electrons. The Kier molecular flexibility index (Phi) is 2.89. The molecule has 1 spiro atoms. The van der Waals surface area contributed by atoms with Gasteiger partial charge in [0.2, 0.25) is 0 Å². The first-order valence-corrected chi connectivity index (χ1v) is 7.15. The van der Waals surface area contributed by atoms with Crippen LogP contribution in [0.5, 0.6) is 0 Å². The molecule has 0 aromatic rings. The van der Waals surface area contributed by atoms with Gasteiger partial charge in [0.25, 0.3) is 0 Å². The van der Waals surface area contributed by atoms with Crippen molar-refractivity contribution in [2.24, 2.45) is 11.3 Å². The van der Waals surface area contributed by atoms with E-state index in [1.165, 1.54) is 45.2 Å². The zero-order valence-corrected chi connectivity index (χ0v) is 10.5. The molecule has 2 atom stereocenters. The summed E-state index contributed by atoms with van der Waals surface area (Å²) in [5.41, 5.74) is 0.649. The number of aliphatic carboxylic acids is 1. The second-order valence-electron chi connectivity index (χ2n) is 6.47. The van der Waals surface area contributed by atoms with Gasteiger partial charge in [-0.2, -0.15) is 0 Å². The van der Waals surface area contributed by atoms with E-state index < -0.39 is 5.97 Å². The summed E-state index contributed by atoms with van der Waals surface area (Å²) in [6.45, 7) is 2.51. The van der Waals surface area contributed by atoms with Crippen LogP contribution >= 0.6 is 0 Å². The van der Waals surface area contributed by atoms with E-state index >= 15 is 0 Å². The second-order valence-corrected chi connectivity index (χ2v) is 6.47. The topological polar surface area (TPSA) is 40.5 Å². The van der Waals surface area contributed by atoms with Gasteiger partial charge >= 0.3 is 5.97 Å². The number of carboxylic acids is 1. The summed E-state index contributed by atoms with van der Waals surface area (Å²) in [6.07, 6.45) is 9.77. The SMILES string of the molecule is O=C(O)C1CCCC(N2CC3(CCCC3)C2)C1. The molecule has 0 amide bonds. The normalized spacial score (nSPS) is 36.9. The summed E-state index contributed by atoms with van der Waals surface area (Å²) >= 11 is 0. The van der Waals surface area contributed by atoms with Crippen molar-refractivity contribution in [3.8, 4) is 0 Å². The standard InChI is InChI=1S/C14H23NO2/c16-13(17)11-4-3-5-12(8-11)15-9-14(10-15)6-1-2-7-14/h11-12H,1-10H2,(H,16,17). The molecule has 3 rings (SSSR count). The summed E-state index contributed by atoms with van der Waals surface area (Å²) in [7, 11) is 0. The van der Waals surface area contributed by atoms with E-state index in [1.807, 2.05) is 0 Å². The predicted molar refractivity (Wildman–Crippen MR) is 65.9 cm³/mol. The molecular formula is C14H23NO2. The lowest BCUT2D eigenvalue weighted by atomic mass is 9.74. The summed E-state index contributed by atoms with van der Waals surface area (Å²) in [6, 6.07) is 0.566. The van der Waals surface area contributed by atoms with Gasteiger partial charge in [-0.1, -0.05) is 19.3 Å². The Morgan fingerprint density at radius 1 is 1.12 bits per heavy atom. The zero-order valence-electron chi connectivity index (χ0n) is 10.5. The lowest BCUT2D eigenvalue weighted by Crippen LogP contribution is -2.59. The molecule has 2 aliphatic carbocycles. The van der Waals surface area contributed by atoms with E-state index in [1.54, 1.807) is 0 Å². The van der Waals surface area contributed by atoms with Gasteiger partial charge in [-0.05, 0) is 37.5 Å². The van der Waals surface area contributed by atoms with Crippen molar-refractivity contribution in [3.63, 3.8) is 0 Å². The minimum absolute atomic E-state index is 0.0751. The molecule has 3 aliphatic rings. The lowest BCUT2D eigenvalue weighted by molar-refractivity contribution is -0.144. The van der Waals surface area contributed by atoms with Crippen LogP contribution in [0.15, 0.2) is 0 Å². The number of likely N-dealkylation sites (tertiary alicyclic amines) is 1. The molecule has 2 saturated carbocycles. The molecular weight excluding hydrogens is 214 g/mol. The molecule has 0 radical (unpaired) electrons. The van der Waals surface area contributed by atoms with Gasteiger partial charge in [0.05, 0.1) is 5.92 Å². The Bertz CT molecular complexity index is 301. The molecule has 0 aromatic heterocycles. The van der Waals surface area contributed by atoms with Crippen LogP contribution in [-0.4, -0.2) is 35.1 Å². The zero-order chi connectivity index (χ0) is 11.9. The Morgan fingerprint density at radius 2 is 1.82 bits per heavy atom. The third-order valence-corrected chi connectivity index (χ3v) is 5.25. The molecule has 1 N–H and O–H groups in total. The van der Waals surface area contributed by atoms with Crippen molar-refractivity contribution in [1.29, 1.82) is 0 Å². The quantitative estimate of drug-likeness (QED) is 0.802. The highest BCUT2D eigenvalue weighted by Crippen LogP contribution is 2.47. The fraction of sp³-hybridized carbons (Fsp3) is 0.929. The van der Waals surface area contributed by atoms with E-state index in [0.29, 0.717) is 11.5 Å². The Hall–Kier alpha value is -0.570. The maximum absolute atomic E-state index is 11.1. The first-order valence-electron chi connectivity index (χ1n) is 7.15. The highest BCUT2D eigenvalue weighted by atomic mass is 16.4. The van der Waals surface area contributed by atoms with Gasteiger partial charge in [-0.15, -0.1) is 0 Å². The van der Waals surface area contributed by atoms with Crippen LogP contribution in [0.1, 0.15) is 51.4 Å². The summed E-state index contributed by atoms with van der Waals surface area (Å²) in [5.74, 6) is -0.653. The number of hydrogen-bond acceptors (Lipinski definition) is 2. The molecule has 0 aromatic carbocycles. The van der Waals surface area contributed by atoms with Gasteiger partial charge < -0.3 is 5.11 Å². The molecule has 17 heavy (non-hydrogen) atoms. The fourth-order valence-electron chi connectivity index (χ4n) is 4.23. The first-order chi connectivity index (χ1) is 8.19. The smallest absolute Gasteiger partial charge is 0.306 e. The van der Waals surface area contributed by atoms with Crippen molar-refractivity contribution in [2.45, 2.75) is 57.4 Å². The second kappa shape index (κ2) is 4.27. The molecule has 1 aliphatic heterocycles. The fourth-order valence-corrected chi connectivity index (χ4v) is 4.23. The summed E-state index contributed by atoms with van der Waals surface area (Å²) < 4.78 is 0. The summed E-state index contributed by atoms with van der Waals surface area (Å²) in [4.78, 5) is 13.6. The number of hydrogen-bond donors (Lipinski definition) is 1. The minimum atomic E-state index is -0.578. The minimum Gasteiger partial charge on any atom is -0.481 e. The van der Waals surface area contributed by atoms with Crippen LogP contribution in [0.25, 0.3) is 0 Å². The highest BCUT2D eigenvalue weighted by Gasteiger charge is 2.47. The number of carboxylic acid groups (broad SMARTS) is 1. The van der Waals surface area contributed by atoms with Crippen LogP contribution in [0.2, 0.25) is 0 Å². The monoisotopic (exact) mass is 237 g/mol. The molecule has 1 heterocycles. The van der Waals surface area contributed by atoms with E-state index in [-0.39, 0.29) is 5.92 Å². The first kappa shape index (κ1) is 11.5. The molecule has 1 saturated heterocycles. The van der Waals surface area contributed by atoms with Gasteiger partial charge in [-0.3, -0.25) is 9.69 Å². The van der Waals surface area contributed by atoms with Crippen molar-refractivity contribution < 1.29 is 9.90 Å². The summed E-state index contributed by atoms with van der Waals surface area (Å²) in [5, 5.41) is 9.12. The van der Waals surface area contributed by atoms with Crippen LogP contribution in [-0.2, 0) is 4.79 Å². The lowest BCUT2D eigenvalue weighted by Gasteiger charge is -2.53. The highest BCUT2D eigenvalue weighted by molar-refractivity contribution is 5.70. The maximum Gasteiger partial charge on any atom is 0.306 e. The Balaban J connectivity index is 1.54. The molecule has 3 heteroatoms.